The van der Waals surface area contributed by atoms with E-state index in [9.17, 15) is 9.59 Å². The SMILES string of the molecule is CC(=O)Nc1cc2cnc(C(=O)N[C@H]3CN4CCC3CC4)cc2s1. The van der Waals surface area contributed by atoms with Crippen molar-refractivity contribution in [1.82, 2.24) is 15.2 Å². The Balaban J connectivity index is 1.50. The van der Waals surface area contributed by atoms with E-state index in [1.807, 2.05) is 12.1 Å². The molecule has 3 saturated heterocycles. The third-order valence-electron chi connectivity index (χ3n) is 4.91. The first kappa shape index (κ1) is 15.5. The molecule has 2 N–H and O–H groups in total. The molecule has 126 valence electrons. The fraction of sp³-hybridized carbons (Fsp3) is 0.471. The maximum absolute atomic E-state index is 12.6. The molecule has 3 aliphatic heterocycles. The molecule has 0 radical (unpaired) electrons. The Morgan fingerprint density at radius 3 is 2.75 bits per heavy atom. The van der Waals surface area contributed by atoms with Crippen LogP contribution in [0.2, 0.25) is 0 Å². The fourth-order valence-corrected chi connectivity index (χ4v) is 4.68. The predicted octanol–water partition coefficient (Wildman–Crippen LogP) is 2.08. The molecule has 2 bridgehead atoms. The maximum Gasteiger partial charge on any atom is 0.270 e. The molecule has 0 aliphatic carbocycles. The van der Waals surface area contributed by atoms with Gasteiger partial charge in [0.25, 0.3) is 5.91 Å². The number of nitrogens with zero attached hydrogens (tertiary/aromatic N) is 2. The number of nitrogens with one attached hydrogen (secondary N) is 2. The topological polar surface area (TPSA) is 74.3 Å². The fourth-order valence-electron chi connectivity index (χ4n) is 3.66. The maximum atomic E-state index is 12.6. The number of aromatic nitrogens is 1. The molecule has 2 amide bonds. The number of carbonyl (C=O) groups excluding carboxylic acids is 2. The summed E-state index contributed by atoms with van der Waals surface area (Å²) in [7, 11) is 0. The van der Waals surface area contributed by atoms with Crippen LogP contribution in [0.5, 0.6) is 0 Å². The van der Waals surface area contributed by atoms with E-state index in [4.69, 9.17) is 0 Å². The molecule has 0 spiro atoms. The summed E-state index contributed by atoms with van der Waals surface area (Å²) < 4.78 is 0.952. The van der Waals surface area contributed by atoms with Gasteiger partial charge in [0, 0.05) is 35.8 Å². The largest absolute Gasteiger partial charge is 0.346 e. The van der Waals surface area contributed by atoms with Crippen LogP contribution in [0, 0.1) is 5.92 Å². The summed E-state index contributed by atoms with van der Waals surface area (Å²) in [6, 6.07) is 3.92. The van der Waals surface area contributed by atoms with Crippen molar-refractivity contribution in [1.29, 1.82) is 0 Å². The zero-order valence-corrected chi connectivity index (χ0v) is 14.4. The van der Waals surface area contributed by atoms with Crippen molar-refractivity contribution in [3.05, 3.63) is 24.0 Å². The van der Waals surface area contributed by atoms with Gasteiger partial charge in [0.1, 0.15) is 5.69 Å². The number of amides is 2. The number of piperidine rings is 3. The van der Waals surface area contributed by atoms with E-state index >= 15 is 0 Å². The molecule has 0 unspecified atom stereocenters. The number of hydrogen-bond acceptors (Lipinski definition) is 5. The number of pyridine rings is 1. The van der Waals surface area contributed by atoms with Gasteiger partial charge in [0.2, 0.25) is 5.91 Å². The van der Waals surface area contributed by atoms with Crippen LogP contribution < -0.4 is 10.6 Å². The van der Waals surface area contributed by atoms with Crippen molar-refractivity contribution in [2.45, 2.75) is 25.8 Å². The van der Waals surface area contributed by atoms with Crippen LogP contribution in [0.15, 0.2) is 18.3 Å². The second-order valence-electron chi connectivity index (χ2n) is 6.62. The standard InChI is InChI=1S/C17H20N4O2S/c1-10(22)19-16-6-12-8-18-13(7-15(12)24-16)17(23)20-14-9-21-4-2-11(14)3-5-21/h6-8,11,14H,2-5,9H2,1H3,(H,19,22)(H,20,23)/t14-/m0/s1. The van der Waals surface area contributed by atoms with Crippen molar-refractivity contribution in [2.75, 3.05) is 25.0 Å². The molecule has 24 heavy (non-hydrogen) atoms. The van der Waals surface area contributed by atoms with E-state index in [1.54, 1.807) is 6.20 Å². The number of hydrogen-bond donors (Lipinski definition) is 2. The van der Waals surface area contributed by atoms with Crippen LogP contribution in [-0.2, 0) is 4.79 Å². The number of anilines is 1. The quantitative estimate of drug-likeness (QED) is 0.894. The van der Waals surface area contributed by atoms with Crippen LogP contribution in [0.3, 0.4) is 0 Å². The first-order valence-corrected chi connectivity index (χ1v) is 9.10. The van der Waals surface area contributed by atoms with E-state index in [0.717, 1.165) is 34.7 Å². The summed E-state index contributed by atoms with van der Waals surface area (Å²) in [4.78, 5) is 30.4. The van der Waals surface area contributed by atoms with E-state index in [1.165, 1.54) is 31.1 Å². The molecule has 5 rings (SSSR count). The van der Waals surface area contributed by atoms with Crippen LogP contribution in [-0.4, -0.2) is 47.4 Å². The highest BCUT2D eigenvalue weighted by atomic mass is 32.1. The zero-order valence-electron chi connectivity index (χ0n) is 13.5. The summed E-state index contributed by atoms with van der Waals surface area (Å²) in [5, 5.41) is 7.64. The Morgan fingerprint density at radius 2 is 2.08 bits per heavy atom. The van der Waals surface area contributed by atoms with Gasteiger partial charge in [-0.1, -0.05) is 0 Å². The lowest BCUT2D eigenvalue weighted by Crippen LogP contribution is -2.57. The summed E-state index contributed by atoms with van der Waals surface area (Å²) in [5.41, 5.74) is 0.440. The number of thiophene rings is 1. The molecule has 7 heteroatoms. The summed E-state index contributed by atoms with van der Waals surface area (Å²) in [6.45, 7) is 4.74. The number of rotatable bonds is 3. The predicted molar refractivity (Wildman–Crippen MR) is 94.3 cm³/mol. The number of carbonyl (C=O) groups is 2. The van der Waals surface area contributed by atoms with Gasteiger partial charge >= 0.3 is 0 Å². The van der Waals surface area contributed by atoms with Gasteiger partial charge in [-0.2, -0.15) is 0 Å². The summed E-state index contributed by atoms with van der Waals surface area (Å²) in [5.74, 6) is 0.385. The van der Waals surface area contributed by atoms with Gasteiger partial charge in [-0.25, -0.2) is 0 Å². The van der Waals surface area contributed by atoms with Crippen molar-refractivity contribution in [3.8, 4) is 0 Å². The monoisotopic (exact) mass is 344 g/mol. The van der Waals surface area contributed by atoms with Gasteiger partial charge in [-0.3, -0.25) is 14.6 Å². The van der Waals surface area contributed by atoms with Gasteiger partial charge in [-0.15, -0.1) is 11.3 Å². The minimum Gasteiger partial charge on any atom is -0.346 e. The van der Waals surface area contributed by atoms with E-state index in [2.05, 4.69) is 20.5 Å². The summed E-state index contributed by atoms with van der Waals surface area (Å²) in [6.07, 6.45) is 4.04. The molecule has 5 heterocycles. The van der Waals surface area contributed by atoms with Crippen LogP contribution >= 0.6 is 11.3 Å². The smallest absolute Gasteiger partial charge is 0.270 e. The Morgan fingerprint density at radius 1 is 1.29 bits per heavy atom. The van der Waals surface area contributed by atoms with Crippen molar-refractivity contribution < 1.29 is 9.59 Å². The molecule has 3 aliphatic rings. The molecule has 0 saturated carbocycles. The molecule has 2 aromatic heterocycles. The third-order valence-corrected chi connectivity index (χ3v) is 5.92. The highest BCUT2D eigenvalue weighted by Crippen LogP contribution is 2.30. The highest BCUT2D eigenvalue weighted by Gasteiger charge is 2.35. The van der Waals surface area contributed by atoms with Crippen molar-refractivity contribution in [2.24, 2.45) is 5.92 Å². The molecule has 3 fully saturated rings. The van der Waals surface area contributed by atoms with E-state index in [0.29, 0.717) is 11.6 Å². The molecular weight excluding hydrogens is 324 g/mol. The zero-order chi connectivity index (χ0) is 16.7. The van der Waals surface area contributed by atoms with Crippen molar-refractivity contribution >= 4 is 38.2 Å². The Hall–Kier alpha value is -1.99. The second kappa shape index (κ2) is 6.14. The van der Waals surface area contributed by atoms with Gasteiger partial charge in [0.05, 0.1) is 5.00 Å². The molecule has 2 aromatic rings. The first-order valence-electron chi connectivity index (χ1n) is 8.29. The second-order valence-corrected chi connectivity index (χ2v) is 7.70. The molecule has 6 nitrogen and oxygen atoms in total. The Bertz CT molecular complexity index is 795. The molecule has 0 aromatic carbocycles. The molecular formula is C17H20N4O2S. The number of fused-ring (bicyclic) bond motifs is 4. The van der Waals surface area contributed by atoms with Gasteiger partial charge < -0.3 is 15.5 Å². The Kier molecular flexibility index (Phi) is 3.97. The van der Waals surface area contributed by atoms with Crippen molar-refractivity contribution in [3.63, 3.8) is 0 Å². The van der Waals surface area contributed by atoms with E-state index in [-0.39, 0.29) is 17.9 Å². The van der Waals surface area contributed by atoms with Crippen LogP contribution in [0.4, 0.5) is 5.00 Å². The van der Waals surface area contributed by atoms with E-state index < -0.39 is 0 Å². The lowest BCUT2D eigenvalue weighted by molar-refractivity contribution is -0.114. The Labute approximate surface area is 144 Å². The highest BCUT2D eigenvalue weighted by molar-refractivity contribution is 7.23. The van der Waals surface area contributed by atoms with Gasteiger partial charge in [0.15, 0.2) is 0 Å². The normalized spacial score (nSPS) is 25.6. The average molecular weight is 344 g/mol. The van der Waals surface area contributed by atoms with Crippen LogP contribution in [0.25, 0.3) is 10.1 Å². The minimum absolute atomic E-state index is 0.102. The molecule has 1 atom stereocenters. The first-order chi connectivity index (χ1) is 11.6. The van der Waals surface area contributed by atoms with Gasteiger partial charge in [-0.05, 0) is 44.0 Å². The lowest BCUT2D eigenvalue weighted by atomic mass is 9.84. The average Bonchev–Trinajstić information content (AvgIpc) is 2.96. The summed E-state index contributed by atoms with van der Waals surface area (Å²) >= 11 is 1.46. The third kappa shape index (κ3) is 3.01. The van der Waals surface area contributed by atoms with Crippen LogP contribution in [0.1, 0.15) is 30.3 Å². The minimum atomic E-state index is -0.106. The lowest BCUT2D eigenvalue weighted by Gasteiger charge is -2.44.